The van der Waals surface area contributed by atoms with Gasteiger partial charge in [-0.3, -0.25) is 9.48 Å². The molecule has 17 heavy (non-hydrogen) atoms. The quantitative estimate of drug-likeness (QED) is 0.834. The van der Waals surface area contributed by atoms with Crippen molar-refractivity contribution in [3.8, 4) is 0 Å². The monoisotopic (exact) mass is 237 g/mol. The van der Waals surface area contributed by atoms with Crippen LogP contribution in [-0.4, -0.2) is 26.9 Å². The Bertz CT molecular complexity index is 402. The van der Waals surface area contributed by atoms with E-state index in [1.807, 2.05) is 30.9 Å². The van der Waals surface area contributed by atoms with Crippen molar-refractivity contribution in [1.29, 1.82) is 0 Å². The number of hydrogen-bond donors (Lipinski definition) is 2. The van der Waals surface area contributed by atoms with Crippen LogP contribution in [0.2, 0.25) is 0 Å². The van der Waals surface area contributed by atoms with Gasteiger partial charge in [0.05, 0.1) is 12.1 Å². The molecule has 0 saturated carbocycles. The smallest absolute Gasteiger partial charge is 0.306 e. The maximum Gasteiger partial charge on any atom is 0.306 e. The third-order valence-corrected chi connectivity index (χ3v) is 3.37. The Morgan fingerprint density at radius 2 is 2.41 bits per heavy atom. The maximum absolute atomic E-state index is 11.1. The first-order chi connectivity index (χ1) is 8.10. The lowest BCUT2D eigenvalue weighted by molar-refractivity contribution is -0.143. The molecule has 0 bridgehead atoms. The zero-order chi connectivity index (χ0) is 12.4. The van der Waals surface area contributed by atoms with Gasteiger partial charge in [-0.25, -0.2) is 0 Å². The first-order valence-electron chi connectivity index (χ1n) is 6.11. The molecule has 1 aliphatic rings. The number of hydrogen-bond acceptors (Lipinski definition) is 3. The maximum atomic E-state index is 11.1. The van der Waals surface area contributed by atoms with E-state index in [1.165, 1.54) is 0 Å². The predicted molar refractivity (Wildman–Crippen MR) is 63.6 cm³/mol. The van der Waals surface area contributed by atoms with Gasteiger partial charge in [-0.15, -0.1) is 0 Å². The number of aryl methyl sites for hydroxylation is 1. The van der Waals surface area contributed by atoms with Gasteiger partial charge in [-0.1, -0.05) is 0 Å². The van der Waals surface area contributed by atoms with Crippen LogP contribution in [0, 0.1) is 5.92 Å². The molecule has 1 aliphatic heterocycles. The van der Waals surface area contributed by atoms with E-state index in [9.17, 15) is 4.79 Å². The third-order valence-electron chi connectivity index (χ3n) is 3.37. The number of carboxylic acid groups (broad SMARTS) is 1. The fraction of sp³-hybridized carbons (Fsp3) is 0.667. The summed E-state index contributed by atoms with van der Waals surface area (Å²) in [5, 5.41) is 16.8. The van der Waals surface area contributed by atoms with Crippen molar-refractivity contribution in [3.63, 3.8) is 0 Å². The standard InChI is InChI=1S/C12H19N3O2/c1-3-15-7-10(6-13-15)11-5-9(12(16)17)4-8(2)14-11/h6-9,11,14H,3-5H2,1-2H3,(H,16,17). The Morgan fingerprint density at radius 1 is 1.65 bits per heavy atom. The van der Waals surface area contributed by atoms with Crippen molar-refractivity contribution in [2.24, 2.45) is 5.92 Å². The zero-order valence-electron chi connectivity index (χ0n) is 10.3. The van der Waals surface area contributed by atoms with E-state index in [0.717, 1.165) is 12.1 Å². The molecule has 5 heteroatoms. The normalized spacial score (nSPS) is 29.2. The van der Waals surface area contributed by atoms with E-state index in [1.54, 1.807) is 0 Å². The summed E-state index contributed by atoms with van der Waals surface area (Å²) in [5.41, 5.74) is 1.09. The molecule has 94 valence electrons. The summed E-state index contributed by atoms with van der Waals surface area (Å²) in [6, 6.07) is 0.347. The first kappa shape index (κ1) is 12.1. The van der Waals surface area contributed by atoms with Gasteiger partial charge in [-0.2, -0.15) is 5.10 Å². The number of carbonyl (C=O) groups is 1. The number of carboxylic acids is 1. The Kier molecular flexibility index (Phi) is 3.47. The van der Waals surface area contributed by atoms with Crippen LogP contribution in [0.1, 0.15) is 38.3 Å². The molecule has 2 N–H and O–H groups in total. The summed E-state index contributed by atoms with van der Waals surface area (Å²) in [6.07, 6.45) is 5.18. The summed E-state index contributed by atoms with van der Waals surface area (Å²) in [5.74, 6) is -0.938. The van der Waals surface area contributed by atoms with Crippen molar-refractivity contribution in [2.45, 2.75) is 45.3 Å². The molecule has 2 heterocycles. The zero-order valence-corrected chi connectivity index (χ0v) is 10.3. The van der Waals surface area contributed by atoms with Gasteiger partial charge >= 0.3 is 5.97 Å². The van der Waals surface area contributed by atoms with Crippen LogP contribution in [0.4, 0.5) is 0 Å². The number of nitrogens with one attached hydrogen (secondary N) is 1. The Balaban J connectivity index is 2.12. The van der Waals surface area contributed by atoms with E-state index >= 15 is 0 Å². The molecule has 0 spiro atoms. The molecule has 1 saturated heterocycles. The average molecular weight is 237 g/mol. The summed E-state index contributed by atoms with van der Waals surface area (Å²) < 4.78 is 1.87. The van der Waals surface area contributed by atoms with Crippen molar-refractivity contribution >= 4 is 5.97 Å². The Hall–Kier alpha value is -1.36. The molecule has 5 nitrogen and oxygen atoms in total. The number of aromatic nitrogens is 2. The minimum Gasteiger partial charge on any atom is -0.481 e. The molecule has 0 aromatic carbocycles. The fourth-order valence-electron chi connectivity index (χ4n) is 2.45. The Labute approximate surface area is 101 Å². The second-order valence-electron chi connectivity index (χ2n) is 4.76. The summed E-state index contributed by atoms with van der Waals surface area (Å²) in [4.78, 5) is 11.1. The van der Waals surface area contributed by atoms with Crippen molar-refractivity contribution in [2.75, 3.05) is 0 Å². The summed E-state index contributed by atoms with van der Waals surface area (Å²) in [6.45, 7) is 4.91. The van der Waals surface area contributed by atoms with Gasteiger partial charge in [0.25, 0.3) is 0 Å². The predicted octanol–water partition coefficient (Wildman–Crippen LogP) is 1.42. The molecule has 0 amide bonds. The van der Waals surface area contributed by atoms with Gasteiger partial charge in [0, 0.05) is 30.4 Å². The second kappa shape index (κ2) is 4.87. The molecule has 3 unspecified atom stereocenters. The topological polar surface area (TPSA) is 67.2 Å². The minimum atomic E-state index is -0.689. The molecule has 0 aliphatic carbocycles. The van der Waals surface area contributed by atoms with Crippen LogP contribution in [0.25, 0.3) is 0 Å². The van der Waals surface area contributed by atoms with Crippen LogP contribution in [0.15, 0.2) is 12.4 Å². The number of rotatable bonds is 3. The van der Waals surface area contributed by atoms with Crippen LogP contribution < -0.4 is 5.32 Å². The SMILES string of the molecule is CCn1cc(C2CC(C(=O)O)CC(C)N2)cn1. The first-order valence-corrected chi connectivity index (χ1v) is 6.11. The molecule has 1 aromatic rings. The van der Waals surface area contributed by atoms with Crippen molar-refractivity contribution in [1.82, 2.24) is 15.1 Å². The van der Waals surface area contributed by atoms with Gasteiger partial charge < -0.3 is 10.4 Å². The molecule has 2 rings (SSSR count). The second-order valence-corrected chi connectivity index (χ2v) is 4.76. The van der Waals surface area contributed by atoms with Crippen molar-refractivity contribution in [3.05, 3.63) is 18.0 Å². The van der Waals surface area contributed by atoms with Gasteiger partial charge in [0.2, 0.25) is 0 Å². The number of aliphatic carboxylic acids is 1. The Morgan fingerprint density at radius 3 is 3.00 bits per heavy atom. The molecule has 1 fully saturated rings. The van der Waals surface area contributed by atoms with Crippen LogP contribution in [0.5, 0.6) is 0 Å². The highest BCUT2D eigenvalue weighted by Crippen LogP contribution is 2.29. The fourth-order valence-corrected chi connectivity index (χ4v) is 2.45. The lowest BCUT2D eigenvalue weighted by Crippen LogP contribution is -2.40. The highest BCUT2D eigenvalue weighted by atomic mass is 16.4. The molecule has 0 radical (unpaired) electrons. The minimum absolute atomic E-state index is 0.111. The van der Waals surface area contributed by atoms with Gasteiger partial charge in [0.15, 0.2) is 0 Å². The van der Waals surface area contributed by atoms with Crippen LogP contribution in [-0.2, 0) is 11.3 Å². The third kappa shape index (κ3) is 2.66. The van der Waals surface area contributed by atoms with E-state index in [-0.39, 0.29) is 18.0 Å². The molecule has 3 atom stereocenters. The highest BCUT2D eigenvalue weighted by molar-refractivity contribution is 5.70. The van der Waals surface area contributed by atoms with E-state index in [0.29, 0.717) is 12.8 Å². The molecular weight excluding hydrogens is 218 g/mol. The molecular formula is C12H19N3O2. The summed E-state index contributed by atoms with van der Waals surface area (Å²) >= 11 is 0. The lowest BCUT2D eigenvalue weighted by Gasteiger charge is -2.32. The lowest BCUT2D eigenvalue weighted by atomic mass is 9.86. The van der Waals surface area contributed by atoms with E-state index < -0.39 is 5.97 Å². The highest BCUT2D eigenvalue weighted by Gasteiger charge is 2.31. The van der Waals surface area contributed by atoms with Gasteiger partial charge in [0.1, 0.15) is 0 Å². The van der Waals surface area contributed by atoms with Gasteiger partial charge in [-0.05, 0) is 26.7 Å². The molecule has 1 aromatic heterocycles. The van der Waals surface area contributed by atoms with E-state index in [2.05, 4.69) is 10.4 Å². The average Bonchev–Trinajstić information content (AvgIpc) is 2.76. The number of piperidine rings is 1. The number of nitrogens with zero attached hydrogens (tertiary/aromatic N) is 2. The van der Waals surface area contributed by atoms with Crippen LogP contribution >= 0.6 is 0 Å². The van der Waals surface area contributed by atoms with Crippen LogP contribution in [0.3, 0.4) is 0 Å². The van der Waals surface area contributed by atoms with Crippen molar-refractivity contribution < 1.29 is 9.90 Å². The largest absolute Gasteiger partial charge is 0.481 e. The van der Waals surface area contributed by atoms with E-state index in [4.69, 9.17) is 5.11 Å². The summed E-state index contributed by atoms with van der Waals surface area (Å²) in [7, 11) is 0.